The molecule has 0 saturated heterocycles. The number of nitrogens with one attached hydrogen (secondary N) is 2. The summed E-state index contributed by atoms with van der Waals surface area (Å²) in [5.41, 5.74) is 4.21. The molecule has 28 heavy (non-hydrogen) atoms. The highest BCUT2D eigenvalue weighted by molar-refractivity contribution is 7.97. The SMILES string of the molecule is CN=C(NCc1cccc(-n2cccn2)c1)NCc1ccc(F)cc1CSC. The van der Waals surface area contributed by atoms with Crippen LogP contribution >= 0.6 is 11.8 Å². The van der Waals surface area contributed by atoms with Crippen molar-refractivity contribution < 1.29 is 4.39 Å². The van der Waals surface area contributed by atoms with Crippen molar-refractivity contribution in [1.29, 1.82) is 0 Å². The highest BCUT2D eigenvalue weighted by Crippen LogP contribution is 2.16. The minimum Gasteiger partial charge on any atom is -0.352 e. The van der Waals surface area contributed by atoms with Gasteiger partial charge in [0.1, 0.15) is 5.82 Å². The highest BCUT2D eigenvalue weighted by Gasteiger charge is 2.06. The molecule has 0 spiro atoms. The second-order valence-corrected chi connectivity index (χ2v) is 7.11. The van der Waals surface area contributed by atoms with E-state index in [0.717, 1.165) is 28.1 Å². The van der Waals surface area contributed by atoms with Crippen molar-refractivity contribution in [1.82, 2.24) is 20.4 Å². The molecule has 0 radical (unpaired) electrons. The number of nitrogens with zero attached hydrogens (tertiary/aromatic N) is 3. The molecule has 0 unspecified atom stereocenters. The van der Waals surface area contributed by atoms with E-state index in [9.17, 15) is 4.39 Å². The maximum Gasteiger partial charge on any atom is 0.191 e. The molecule has 0 aliphatic heterocycles. The number of thioether (sulfide) groups is 1. The van der Waals surface area contributed by atoms with E-state index in [2.05, 4.69) is 32.9 Å². The van der Waals surface area contributed by atoms with Gasteiger partial charge in [0, 0.05) is 38.3 Å². The maximum absolute atomic E-state index is 13.5. The van der Waals surface area contributed by atoms with Gasteiger partial charge in [0.25, 0.3) is 0 Å². The number of hydrogen-bond donors (Lipinski definition) is 2. The molecule has 0 fully saturated rings. The minimum atomic E-state index is -0.202. The van der Waals surface area contributed by atoms with Crippen LogP contribution in [0.15, 0.2) is 65.9 Å². The average molecular weight is 398 g/mol. The Kier molecular flexibility index (Phi) is 7.08. The van der Waals surface area contributed by atoms with E-state index in [-0.39, 0.29) is 5.82 Å². The third-order valence-electron chi connectivity index (χ3n) is 4.28. The molecular formula is C21H24FN5S. The molecule has 5 nitrogen and oxygen atoms in total. The molecule has 0 atom stereocenters. The summed E-state index contributed by atoms with van der Waals surface area (Å²) in [7, 11) is 1.74. The molecule has 146 valence electrons. The van der Waals surface area contributed by atoms with Crippen LogP contribution in [0, 0.1) is 5.82 Å². The largest absolute Gasteiger partial charge is 0.352 e. The average Bonchev–Trinajstić information content (AvgIpc) is 3.25. The summed E-state index contributed by atoms with van der Waals surface area (Å²) in [4.78, 5) is 4.28. The van der Waals surface area contributed by atoms with Crippen LogP contribution in [-0.2, 0) is 18.8 Å². The lowest BCUT2D eigenvalue weighted by Crippen LogP contribution is -2.36. The number of guanidine groups is 1. The Bertz CT molecular complexity index is 924. The monoisotopic (exact) mass is 397 g/mol. The van der Waals surface area contributed by atoms with Crippen LogP contribution in [0.5, 0.6) is 0 Å². The number of aliphatic imine (C=N–C) groups is 1. The Morgan fingerprint density at radius 2 is 1.96 bits per heavy atom. The summed E-state index contributed by atoms with van der Waals surface area (Å²) in [6, 6.07) is 15.0. The molecule has 2 aromatic carbocycles. The minimum absolute atomic E-state index is 0.202. The van der Waals surface area contributed by atoms with Crippen molar-refractivity contribution in [3.63, 3.8) is 0 Å². The van der Waals surface area contributed by atoms with Crippen LogP contribution in [-0.4, -0.2) is 29.0 Å². The van der Waals surface area contributed by atoms with Crippen LogP contribution in [0.2, 0.25) is 0 Å². The van der Waals surface area contributed by atoms with Crippen LogP contribution in [0.1, 0.15) is 16.7 Å². The second-order valence-electron chi connectivity index (χ2n) is 6.25. The van der Waals surface area contributed by atoms with Crippen LogP contribution < -0.4 is 10.6 Å². The van der Waals surface area contributed by atoms with Gasteiger partial charge in [-0.1, -0.05) is 18.2 Å². The first-order valence-corrected chi connectivity index (χ1v) is 10.4. The summed E-state index contributed by atoms with van der Waals surface area (Å²) in [5, 5.41) is 10.9. The summed E-state index contributed by atoms with van der Waals surface area (Å²) in [5.74, 6) is 1.28. The quantitative estimate of drug-likeness (QED) is 0.471. The third-order valence-corrected chi connectivity index (χ3v) is 4.88. The second kappa shape index (κ2) is 9.94. The Hall–Kier alpha value is -2.80. The molecule has 1 heterocycles. The zero-order valence-corrected chi connectivity index (χ0v) is 16.8. The van der Waals surface area contributed by atoms with Gasteiger partial charge in [-0.15, -0.1) is 0 Å². The fourth-order valence-electron chi connectivity index (χ4n) is 2.87. The molecule has 0 saturated carbocycles. The highest BCUT2D eigenvalue weighted by atomic mass is 32.2. The first kappa shape index (κ1) is 19.9. The predicted octanol–water partition coefficient (Wildman–Crippen LogP) is 3.74. The Labute approximate surface area is 169 Å². The smallest absolute Gasteiger partial charge is 0.191 e. The van der Waals surface area contributed by atoms with E-state index in [1.54, 1.807) is 31.1 Å². The van der Waals surface area contributed by atoms with Crippen molar-refractivity contribution in [3.05, 3.63) is 83.4 Å². The van der Waals surface area contributed by atoms with Gasteiger partial charge < -0.3 is 10.6 Å². The normalized spacial score (nSPS) is 11.5. The van der Waals surface area contributed by atoms with E-state index in [0.29, 0.717) is 19.0 Å². The lowest BCUT2D eigenvalue weighted by Gasteiger charge is -2.14. The standard InChI is InChI=1S/C21H24FN5S/c1-23-21(25-14-17-7-8-19(22)12-18(17)15-28-2)24-13-16-5-3-6-20(11-16)27-10-4-9-26-27/h3-12H,13-15H2,1-2H3,(H2,23,24,25). The number of hydrogen-bond acceptors (Lipinski definition) is 3. The Morgan fingerprint density at radius 3 is 2.71 bits per heavy atom. The van der Waals surface area contributed by atoms with E-state index in [1.165, 1.54) is 6.07 Å². The summed E-state index contributed by atoms with van der Waals surface area (Å²) in [6.07, 6.45) is 5.69. The van der Waals surface area contributed by atoms with Gasteiger partial charge in [-0.05, 0) is 53.3 Å². The summed E-state index contributed by atoms with van der Waals surface area (Å²) >= 11 is 1.68. The van der Waals surface area contributed by atoms with Crippen molar-refractivity contribution >= 4 is 17.7 Å². The number of halogens is 1. The fourth-order valence-corrected chi connectivity index (χ4v) is 3.45. The van der Waals surface area contributed by atoms with Crippen LogP contribution in [0.3, 0.4) is 0 Å². The Morgan fingerprint density at radius 1 is 1.11 bits per heavy atom. The maximum atomic E-state index is 13.5. The topological polar surface area (TPSA) is 54.2 Å². The van der Waals surface area contributed by atoms with Crippen molar-refractivity contribution in [2.24, 2.45) is 4.99 Å². The van der Waals surface area contributed by atoms with E-state index < -0.39 is 0 Å². The molecule has 7 heteroatoms. The Balaban J connectivity index is 1.59. The van der Waals surface area contributed by atoms with E-state index in [4.69, 9.17) is 0 Å². The van der Waals surface area contributed by atoms with E-state index in [1.807, 2.05) is 41.4 Å². The lowest BCUT2D eigenvalue weighted by molar-refractivity contribution is 0.625. The van der Waals surface area contributed by atoms with Crippen molar-refractivity contribution in [2.75, 3.05) is 13.3 Å². The first-order chi connectivity index (χ1) is 13.7. The predicted molar refractivity (Wildman–Crippen MR) is 114 cm³/mol. The van der Waals surface area contributed by atoms with Gasteiger partial charge >= 0.3 is 0 Å². The molecular weight excluding hydrogens is 373 g/mol. The lowest BCUT2D eigenvalue weighted by atomic mass is 10.1. The van der Waals surface area contributed by atoms with Gasteiger partial charge in [-0.2, -0.15) is 16.9 Å². The molecule has 0 aliphatic carbocycles. The molecule has 1 aromatic heterocycles. The van der Waals surface area contributed by atoms with Gasteiger partial charge in [0.05, 0.1) is 5.69 Å². The summed E-state index contributed by atoms with van der Waals surface area (Å²) < 4.78 is 15.3. The van der Waals surface area contributed by atoms with Gasteiger partial charge in [0.15, 0.2) is 5.96 Å². The number of rotatable bonds is 7. The zero-order chi connectivity index (χ0) is 19.8. The molecule has 0 aliphatic rings. The van der Waals surface area contributed by atoms with Gasteiger partial charge in [-0.25, -0.2) is 9.07 Å². The molecule has 3 rings (SSSR count). The molecule has 0 amide bonds. The van der Waals surface area contributed by atoms with E-state index >= 15 is 0 Å². The van der Waals surface area contributed by atoms with Crippen LogP contribution in [0.4, 0.5) is 4.39 Å². The fraction of sp³-hybridized carbons (Fsp3) is 0.238. The third kappa shape index (κ3) is 5.36. The number of benzene rings is 2. The zero-order valence-electron chi connectivity index (χ0n) is 16.0. The van der Waals surface area contributed by atoms with Gasteiger partial charge in [0.2, 0.25) is 0 Å². The summed E-state index contributed by atoms with van der Waals surface area (Å²) in [6.45, 7) is 1.22. The number of aromatic nitrogens is 2. The van der Waals surface area contributed by atoms with Crippen LogP contribution in [0.25, 0.3) is 5.69 Å². The van der Waals surface area contributed by atoms with Gasteiger partial charge in [-0.3, -0.25) is 4.99 Å². The molecule has 2 N–H and O–H groups in total. The van der Waals surface area contributed by atoms with Crippen molar-refractivity contribution in [3.8, 4) is 5.69 Å². The molecule has 3 aromatic rings. The molecule has 0 bridgehead atoms. The first-order valence-electron chi connectivity index (χ1n) is 8.99. The van der Waals surface area contributed by atoms with Crippen molar-refractivity contribution in [2.45, 2.75) is 18.8 Å².